The topological polar surface area (TPSA) is 19.4 Å². The normalized spacial score (nSPS) is 14.2. The smallest absolute Gasteiger partial charge is 0.158 e. The van der Waals surface area contributed by atoms with Crippen molar-refractivity contribution in [2.24, 2.45) is 0 Å². The van der Waals surface area contributed by atoms with Gasteiger partial charge in [-0.05, 0) is 45.7 Å². The monoisotopic (exact) mass is 399 g/mol. The summed E-state index contributed by atoms with van der Waals surface area (Å²) >= 11 is 0. The van der Waals surface area contributed by atoms with Gasteiger partial charge in [0.25, 0.3) is 0 Å². The van der Waals surface area contributed by atoms with E-state index >= 15 is 0 Å². The van der Waals surface area contributed by atoms with Crippen LogP contribution in [-0.2, 0) is 10.8 Å². The Morgan fingerprint density at radius 1 is 0.767 bits per heavy atom. The summed E-state index contributed by atoms with van der Waals surface area (Å²) in [5.41, 5.74) is 7.70. The largest absolute Gasteiger partial charge is 0.353 e. The number of fused-ring (bicyclic) bond motifs is 1. The lowest BCUT2D eigenvalue weighted by Crippen LogP contribution is -2.24. The van der Waals surface area contributed by atoms with Gasteiger partial charge in [0.1, 0.15) is 0 Å². The first-order valence-electron chi connectivity index (χ1n) is 10.7. The van der Waals surface area contributed by atoms with Gasteiger partial charge in [0.2, 0.25) is 0 Å². The van der Waals surface area contributed by atoms with Gasteiger partial charge < -0.3 is 9.80 Å². The molecule has 1 aliphatic heterocycles. The van der Waals surface area contributed by atoms with E-state index in [1.165, 1.54) is 33.6 Å². The van der Waals surface area contributed by atoms with E-state index in [2.05, 4.69) is 113 Å². The lowest BCUT2D eigenvalue weighted by atomic mass is 9.79. The van der Waals surface area contributed by atoms with Crippen molar-refractivity contribution in [2.45, 2.75) is 52.4 Å². The van der Waals surface area contributed by atoms with Gasteiger partial charge in [0.05, 0.1) is 12.4 Å². The van der Waals surface area contributed by atoms with Gasteiger partial charge in [-0.2, -0.15) is 0 Å². The molecule has 1 aromatic heterocycles. The van der Waals surface area contributed by atoms with Crippen LogP contribution >= 0.6 is 0 Å². The Balaban J connectivity index is 1.81. The number of hydrogen-bond donors (Lipinski definition) is 0. The van der Waals surface area contributed by atoms with Crippen LogP contribution in [-0.4, -0.2) is 18.7 Å². The number of benzene rings is 2. The van der Waals surface area contributed by atoms with E-state index in [0.29, 0.717) is 0 Å². The van der Waals surface area contributed by atoms with Crippen molar-refractivity contribution < 1.29 is 0 Å². The van der Waals surface area contributed by atoms with Crippen LogP contribution in [0, 0.1) is 0 Å². The second-order valence-electron chi connectivity index (χ2n) is 10.5. The molecule has 156 valence electrons. The molecule has 0 saturated carbocycles. The van der Waals surface area contributed by atoms with Gasteiger partial charge in [-0.25, -0.2) is 4.98 Å². The van der Waals surface area contributed by atoms with Crippen molar-refractivity contribution in [3.8, 4) is 11.1 Å². The third-order valence-electron chi connectivity index (χ3n) is 5.93. The summed E-state index contributed by atoms with van der Waals surface area (Å²) in [6.07, 6.45) is 2.03. The van der Waals surface area contributed by atoms with Crippen LogP contribution in [0.2, 0.25) is 0 Å². The van der Waals surface area contributed by atoms with Gasteiger partial charge in [-0.3, -0.25) is 0 Å². The number of nitrogens with zero attached hydrogens (tertiary/aromatic N) is 3. The van der Waals surface area contributed by atoms with Crippen LogP contribution < -0.4 is 9.80 Å². The Labute approximate surface area is 181 Å². The predicted molar refractivity (Wildman–Crippen MR) is 129 cm³/mol. The van der Waals surface area contributed by atoms with E-state index in [4.69, 9.17) is 4.98 Å². The minimum Gasteiger partial charge on any atom is -0.353 e. The molecule has 3 heteroatoms. The van der Waals surface area contributed by atoms with Crippen molar-refractivity contribution in [3.63, 3.8) is 0 Å². The fourth-order valence-corrected chi connectivity index (χ4v) is 3.92. The molecule has 0 saturated heterocycles. The van der Waals surface area contributed by atoms with Crippen LogP contribution in [0.5, 0.6) is 0 Å². The highest BCUT2D eigenvalue weighted by molar-refractivity contribution is 5.83. The van der Waals surface area contributed by atoms with Crippen LogP contribution in [0.1, 0.15) is 52.7 Å². The molecular formula is C27H33N3. The number of para-hydroxylation sites is 1. The lowest BCUT2D eigenvalue weighted by molar-refractivity contribution is 0.569. The number of hydrogen-bond acceptors (Lipinski definition) is 3. The Hall–Kier alpha value is -2.81. The lowest BCUT2D eigenvalue weighted by Gasteiger charge is -2.26. The van der Waals surface area contributed by atoms with E-state index in [9.17, 15) is 0 Å². The zero-order valence-corrected chi connectivity index (χ0v) is 19.3. The standard InChI is InChI=1S/C27H33N3/c1-26(2,3)21-13-19(14-22(16-21)27(4,5)6)20-15-24-25(28-17-20)30(18-29(24)7)23-11-9-8-10-12-23/h8-17H,18H2,1-7H3. The minimum absolute atomic E-state index is 0.0983. The zero-order valence-electron chi connectivity index (χ0n) is 19.3. The maximum Gasteiger partial charge on any atom is 0.158 e. The molecule has 2 heterocycles. The molecule has 30 heavy (non-hydrogen) atoms. The molecule has 2 aromatic carbocycles. The van der Waals surface area contributed by atoms with Crippen molar-refractivity contribution >= 4 is 17.2 Å². The summed E-state index contributed by atoms with van der Waals surface area (Å²) < 4.78 is 0. The van der Waals surface area contributed by atoms with Gasteiger partial charge in [0, 0.05) is 24.5 Å². The summed E-state index contributed by atoms with van der Waals surface area (Å²) in [5, 5.41) is 0. The fourth-order valence-electron chi connectivity index (χ4n) is 3.92. The summed E-state index contributed by atoms with van der Waals surface area (Å²) in [6, 6.07) is 19.8. The van der Waals surface area contributed by atoms with Crippen molar-refractivity contribution in [3.05, 3.63) is 71.9 Å². The third-order valence-corrected chi connectivity index (χ3v) is 5.93. The molecule has 0 amide bonds. The molecule has 0 aliphatic carbocycles. The fraction of sp³-hybridized carbons (Fsp3) is 0.370. The van der Waals surface area contributed by atoms with E-state index in [-0.39, 0.29) is 10.8 Å². The van der Waals surface area contributed by atoms with Crippen LogP contribution in [0.15, 0.2) is 60.8 Å². The number of anilines is 3. The van der Waals surface area contributed by atoms with Crippen molar-refractivity contribution in [1.29, 1.82) is 0 Å². The molecule has 3 aromatic rings. The highest BCUT2D eigenvalue weighted by Crippen LogP contribution is 2.41. The Morgan fingerprint density at radius 2 is 1.37 bits per heavy atom. The molecule has 1 aliphatic rings. The first kappa shape index (κ1) is 20.5. The number of pyridine rings is 1. The van der Waals surface area contributed by atoms with E-state index < -0.39 is 0 Å². The maximum absolute atomic E-state index is 4.91. The van der Waals surface area contributed by atoms with E-state index in [1.807, 2.05) is 6.20 Å². The SMILES string of the molecule is CN1CN(c2ccccc2)c2ncc(-c3cc(C(C)(C)C)cc(C(C)(C)C)c3)cc21. The summed E-state index contributed by atoms with van der Waals surface area (Å²) in [4.78, 5) is 9.46. The van der Waals surface area contributed by atoms with Crippen LogP contribution in [0.3, 0.4) is 0 Å². The summed E-state index contributed by atoms with van der Waals surface area (Å²) in [7, 11) is 2.14. The first-order valence-corrected chi connectivity index (χ1v) is 10.7. The van der Waals surface area contributed by atoms with Crippen molar-refractivity contribution in [1.82, 2.24) is 4.98 Å². The molecule has 0 spiro atoms. The van der Waals surface area contributed by atoms with Crippen LogP contribution in [0.25, 0.3) is 11.1 Å². The number of rotatable bonds is 2. The molecule has 0 unspecified atom stereocenters. The van der Waals surface area contributed by atoms with E-state index in [1.54, 1.807) is 0 Å². The molecule has 0 bridgehead atoms. The molecule has 0 radical (unpaired) electrons. The Kier molecular flexibility index (Phi) is 4.88. The average molecular weight is 400 g/mol. The average Bonchev–Trinajstić information content (AvgIpc) is 3.03. The molecule has 0 fully saturated rings. The highest BCUT2D eigenvalue weighted by Gasteiger charge is 2.27. The molecular weight excluding hydrogens is 366 g/mol. The quantitative estimate of drug-likeness (QED) is 0.468. The maximum atomic E-state index is 4.91. The Bertz CT molecular complexity index is 1020. The molecule has 4 rings (SSSR count). The van der Waals surface area contributed by atoms with Gasteiger partial charge in [-0.1, -0.05) is 77.9 Å². The second-order valence-corrected chi connectivity index (χ2v) is 10.5. The van der Waals surface area contributed by atoms with Gasteiger partial charge in [-0.15, -0.1) is 0 Å². The van der Waals surface area contributed by atoms with Gasteiger partial charge in [0.15, 0.2) is 5.82 Å². The molecule has 3 nitrogen and oxygen atoms in total. The first-order chi connectivity index (χ1) is 14.0. The summed E-state index contributed by atoms with van der Waals surface area (Å²) in [5.74, 6) is 1.02. The summed E-state index contributed by atoms with van der Waals surface area (Å²) in [6.45, 7) is 14.5. The van der Waals surface area contributed by atoms with E-state index in [0.717, 1.165) is 12.5 Å². The third kappa shape index (κ3) is 3.81. The number of aromatic nitrogens is 1. The highest BCUT2D eigenvalue weighted by atomic mass is 15.4. The zero-order chi connectivity index (χ0) is 21.7. The minimum atomic E-state index is 0.0983. The predicted octanol–water partition coefficient (Wildman–Crippen LogP) is 6.89. The molecule has 0 atom stereocenters. The van der Waals surface area contributed by atoms with Crippen LogP contribution in [0.4, 0.5) is 17.2 Å². The molecule has 0 N–H and O–H groups in total. The van der Waals surface area contributed by atoms with Crippen molar-refractivity contribution in [2.75, 3.05) is 23.5 Å². The Morgan fingerprint density at radius 3 is 1.93 bits per heavy atom. The van der Waals surface area contributed by atoms with Gasteiger partial charge >= 0.3 is 0 Å². The second kappa shape index (κ2) is 7.16.